The van der Waals surface area contributed by atoms with E-state index in [1.807, 2.05) is 6.07 Å². The summed E-state index contributed by atoms with van der Waals surface area (Å²) in [4.78, 5) is 4.27. The van der Waals surface area contributed by atoms with Gasteiger partial charge in [-0.05, 0) is 24.2 Å². The van der Waals surface area contributed by atoms with Gasteiger partial charge in [-0.3, -0.25) is 4.98 Å². The molecule has 1 N–H and O–H groups in total. The highest BCUT2D eigenvalue weighted by atomic mass is 28.4. The van der Waals surface area contributed by atoms with E-state index in [1.165, 1.54) is 6.21 Å². The standard InChI is InChI=1S/C15H22N2O3Si/c1-15(2,3)21(4,5)19-10-12-7-13-14(20-12)6-11(8-16-13)9-17-18/h6-9,18H,10H2,1-5H3/b17-9-. The molecule has 0 aliphatic carbocycles. The van der Waals surface area contributed by atoms with Crippen LogP contribution in [-0.4, -0.2) is 24.7 Å². The van der Waals surface area contributed by atoms with E-state index in [9.17, 15) is 0 Å². The molecule has 0 atom stereocenters. The molecule has 2 aromatic rings. The number of pyridine rings is 1. The Hall–Kier alpha value is -1.66. The Labute approximate surface area is 125 Å². The van der Waals surface area contributed by atoms with Gasteiger partial charge in [0.25, 0.3) is 0 Å². The fourth-order valence-corrected chi connectivity index (χ4v) is 2.60. The monoisotopic (exact) mass is 306 g/mol. The Bertz CT molecular complexity index is 656. The van der Waals surface area contributed by atoms with Crippen molar-refractivity contribution in [1.29, 1.82) is 0 Å². The molecule has 0 aromatic carbocycles. The second-order valence-corrected chi connectivity index (χ2v) is 11.5. The van der Waals surface area contributed by atoms with Crippen LogP contribution >= 0.6 is 0 Å². The van der Waals surface area contributed by atoms with Crippen molar-refractivity contribution in [2.75, 3.05) is 0 Å². The highest BCUT2D eigenvalue weighted by Gasteiger charge is 2.37. The average Bonchev–Trinajstić information content (AvgIpc) is 2.77. The lowest BCUT2D eigenvalue weighted by Crippen LogP contribution is -2.40. The Morgan fingerprint density at radius 1 is 1.38 bits per heavy atom. The summed E-state index contributed by atoms with van der Waals surface area (Å²) >= 11 is 0. The molecule has 6 heteroatoms. The minimum absolute atomic E-state index is 0.169. The van der Waals surface area contributed by atoms with E-state index < -0.39 is 8.32 Å². The third-order valence-corrected chi connectivity index (χ3v) is 8.51. The Balaban J connectivity index is 2.17. The molecule has 2 heterocycles. The highest BCUT2D eigenvalue weighted by molar-refractivity contribution is 6.74. The van der Waals surface area contributed by atoms with Gasteiger partial charge in [0, 0.05) is 17.8 Å². The van der Waals surface area contributed by atoms with E-state index in [1.54, 1.807) is 12.3 Å². The smallest absolute Gasteiger partial charge is 0.192 e. The Morgan fingerprint density at radius 2 is 2.10 bits per heavy atom. The molecule has 0 unspecified atom stereocenters. The normalized spacial score (nSPS) is 13.4. The second kappa shape index (κ2) is 5.61. The summed E-state index contributed by atoms with van der Waals surface area (Å²) in [6, 6.07) is 3.68. The van der Waals surface area contributed by atoms with E-state index in [-0.39, 0.29) is 5.04 Å². The van der Waals surface area contributed by atoms with Crippen molar-refractivity contribution in [3.63, 3.8) is 0 Å². The van der Waals surface area contributed by atoms with Crippen molar-refractivity contribution >= 4 is 25.6 Å². The molecule has 0 saturated carbocycles. The summed E-state index contributed by atoms with van der Waals surface area (Å²) in [5.74, 6) is 0.764. The molecule has 0 bridgehead atoms. The lowest BCUT2D eigenvalue weighted by atomic mass is 10.2. The molecular weight excluding hydrogens is 284 g/mol. The number of hydrogen-bond acceptors (Lipinski definition) is 5. The van der Waals surface area contributed by atoms with E-state index in [0.29, 0.717) is 17.8 Å². The van der Waals surface area contributed by atoms with Crippen LogP contribution in [0, 0.1) is 0 Å². The molecule has 5 nitrogen and oxygen atoms in total. The SMILES string of the molecule is CC(C)(C)[Si](C)(C)OCc1cc2ncc(/C=N\O)cc2o1. The molecule has 0 aliphatic rings. The van der Waals surface area contributed by atoms with Crippen LogP contribution in [0.25, 0.3) is 11.1 Å². The molecule has 0 fully saturated rings. The quantitative estimate of drug-likeness (QED) is 0.398. The molecule has 2 aromatic heterocycles. The summed E-state index contributed by atoms with van der Waals surface area (Å²) in [6.07, 6.45) is 2.96. The maximum Gasteiger partial charge on any atom is 0.192 e. The van der Waals surface area contributed by atoms with Crippen molar-refractivity contribution < 1.29 is 14.1 Å². The Kier molecular flexibility index (Phi) is 4.20. The van der Waals surface area contributed by atoms with Crippen LogP contribution < -0.4 is 0 Å². The van der Waals surface area contributed by atoms with Crippen LogP contribution in [0.15, 0.2) is 27.9 Å². The first-order valence-electron chi connectivity index (χ1n) is 6.93. The van der Waals surface area contributed by atoms with E-state index in [2.05, 4.69) is 44.0 Å². The summed E-state index contributed by atoms with van der Waals surface area (Å²) in [6.45, 7) is 11.5. The minimum atomic E-state index is -1.79. The van der Waals surface area contributed by atoms with Gasteiger partial charge < -0.3 is 14.1 Å². The van der Waals surface area contributed by atoms with Gasteiger partial charge in [-0.25, -0.2) is 0 Å². The molecule has 0 saturated heterocycles. The average molecular weight is 306 g/mol. The molecule has 0 amide bonds. The van der Waals surface area contributed by atoms with Crippen LogP contribution in [0.3, 0.4) is 0 Å². The van der Waals surface area contributed by atoms with Gasteiger partial charge in [-0.1, -0.05) is 25.9 Å². The zero-order valence-electron chi connectivity index (χ0n) is 13.2. The second-order valence-electron chi connectivity index (χ2n) is 6.66. The largest absolute Gasteiger partial charge is 0.457 e. The number of rotatable bonds is 4. The van der Waals surface area contributed by atoms with Crippen molar-refractivity contribution in [2.24, 2.45) is 5.16 Å². The zero-order chi connectivity index (χ0) is 15.7. The first kappa shape index (κ1) is 15.7. The molecule has 21 heavy (non-hydrogen) atoms. The van der Waals surface area contributed by atoms with Gasteiger partial charge in [0.15, 0.2) is 13.9 Å². The summed E-state index contributed by atoms with van der Waals surface area (Å²) in [5.41, 5.74) is 2.14. The molecular formula is C15H22N2O3Si. The van der Waals surface area contributed by atoms with E-state index in [4.69, 9.17) is 14.1 Å². The predicted molar refractivity (Wildman–Crippen MR) is 85.4 cm³/mol. The van der Waals surface area contributed by atoms with Crippen molar-refractivity contribution in [1.82, 2.24) is 4.98 Å². The number of fused-ring (bicyclic) bond motifs is 1. The van der Waals surface area contributed by atoms with E-state index in [0.717, 1.165) is 11.3 Å². The summed E-state index contributed by atoms with van der Waals surface area (Å²) < 4.78 is 11.9. The van der Waals surface area contributed by atoms with Crippen LogP contribution in [0.4, 0.5) is 0 Å². The van der Waals surface area contributed by atoms with Crippen molar-refractivity contribution in [2.45, 2.75) is 45.5 Å². The molecule has 0 spiro atoms. The van der Waals surface area contributed by atoms with Gasteiger partial charge in [0.05, 0.1) is 12.8 Å². The van der Waals surface area contributed by atoms with E-state index >= 15 is 0 Å². The van der Waals surface area contributed by atoms with Gasteiger partial charge in [-0.15, -0.1) is 0 Å². The van der Waals surface area contributed by atoms with Crippen LogP contribution in [0.5, 0.6) is 0 Å². The van der Waals surface area contributed by atoms with Crippen molar-refractivity contribution in [3.05, 3.63) is 29.7 Å². The van der Waals surface area contributed by atoms with Crippen LogP contribution in [-0.2, 0) is 11.0 Å². The lowest BCUT2D eigenvalue weighted by Gasteiger charge is -2.35. The van der Waals surface area contributed by atoms with Crippen LogP contribution in [0.1, 0.15) is 32.1 Å². The maximum atomic E-state index is 8.54. The zero-order valence-corrected chi connectivity index (χ0v) is 14.2. The number of nitrogens with zero attached hydrogens (tertiary/aromatic N) is 2. The first-order chi connectivity index (χ1) is 9.73. The number of oxime groups is 1. The topological polar surface area (TPSA) is 67.9 Å². The van der Waals surface area contributed by atoms with Gasteiger partial charge in [0.1, 0.15) is 11.3 Å². The summed E-state index contributed by atoms with van der Waals surface area (Å²) in [7, 11) is -1.79. The molecule has 114 valence electrons. The highest BCUT2D eigenvalue weighted by Crippen LogP contribution is 2.37. The predicted octanol–water partition coefficient (Wildman–Crippen LogP) is 4.16. The van der Waals surface area contributed by atoms with Gasteiger partial charge in [-0.2, -0.15) is 0 Å². The fourth-order valence-electron chi connectivity index (χ4n) is 1.66. The third kappa shape index (κ3) is 3.51. The molecule has 2 rings (SSSR count). The number of furan rings is 1. The first-order valence-corrected chi connectivity index (χ1v) is 9.83. The minimum Gasteiger partial charge on any atom is -0.457 e. The number of hydrogen-bond donors (Lipinski definition) is 1. The van der Waals surface area contributed by atoms with Gasteiger partial charge >= 0.3 is 0 Å². The van der Waals surface area contributed by atoms with Crippen LogP contribution in [0.2, 0.25) is 18.1 Å². The maximum absolute atomic E-state index is 8.54. The van der Waals surface area contributed by atoms with Crippen molar-refractivity contribution in [3.8, 4) is 0 Å². The Morgan fingerprint density at radius 3 is 2.71 bits per heavy atom. The third-order valence-electron chi connectivity index (χ3n) is 4.03. The number of aromatic nitrogens is 1. The summed E-state index contributed by atoms with van der Waals surface area (Å²) in [5, 5.41) is 11.7. The molecule has 0 aliphatic heterocycles. The lowest BCUT2D eigenvalue weighted by molar-refractivity contribution is 0.249. The fraction of sp³-hybridized carbons (Fsp3) is 0.467. The molecule has 0 radical (unpaired) electrons. The van der Waals surface area contributed by atoms with Gasteiger partial charge in [0.2, 0.25) is 0 Å².